The van der Waals surface area contributed by atoms with E-state index in [4.69, 9.17) is 9.47 Å². The van der Waals surface area contributed by atoms with E-state index in [1.54, 1.807) is 14.2 Å². The van der Waals surface area contributed by atoms with Crippen molar-refractivity contribution in [3.8, 4) is 11.5 Å². The summed E-state index contributed by atoms with van der Waals surface area (Å²) < 4.78 is 10.5. The third kappa shape index (κ3) is 4.17. The zero-order valence-corrected chi connectivity index (χ0v) is 13.7. The van der Waals surface area contributed by atoms with Crippen LogP contribution in [0.1, 0.15) is 30.3 Å². The van der Waals surface area contributed by atoms with Crippen LogP contribution in [0.25, 0.3) is 0 Å². The van der Waals surface area contributed by atoms with Crippen LogP contribution in [0.2, 0.25) is 0 Å². The molecule has 0 unspecified atom stereocenters. The van der Waals surface area contributed by atoms with Gasteiger partial charge in [0.25, 0.3) is 0 Å². The van der Waals surface area contributed by atoms with Crippen LogP contribution in [0, 0.1) is 0 Å². The van der Waals surface area contributed by atoms with Crippen LogP contribution in [-0.4, -0.2) is 30.3 Å². The number of amides is 1. The smallest absolute Gasteiger partial charge is 0.226 e. The molecule has 1 N–H and O–H groups in total. The van der Waals surface area contributed by atoms with E-state index in [-0.39, 0.29) is 5.91 Å². The zero-order chi connectivity index (χ0) is 15.9. The largest absolute Gasteiger partial charge is 0.493 e. The normalized spacial score (nSPS) is 10.3. The van der Waals surface area contributed by atoms with Crippen molar-refractivity contribution in [3.05, 3.63) is 28.8 Å². The van der Waals surface area contributed by atoms with Crippen LogP contribution in [0.5, 0.6) is 11.5 Å². The Kier molecular flexibility index (Phi) is 5.71. The number of carbonyl (C=O) groups excluding carboxylic acids is 1. The summed E-state index contributed by atoms with van der Waals surface area (Å²) in [5.41, 5.74) is 1.04. The van der Waals surface area contributed by atoms with E-state index in [1.807, 2.05) is 25.1 Å². The summed E-state index contributed by atoms with van der Waals surface area (Å²) in [5, 5.41) is 12.2. The van der Waals surface area contributed by atoms with Crippen molar-refractivity contribution in [2.45, 2.75) is 26.2 Å². The van der Waals surface area contributed by atoms with Gasteiger partial charge in [-0.3, -0.25) is 4.79 Å². The number of hydrogen-bond donors (Lipinski definition) is 1. The van der Waals surface area contributed by atoms with E-state index in [0.29, 0.717) is 29.5 Å². The number of anilines is 1. The number of benzene rings is 1. The summed E-state index contributed by atoms with van der Waals surface area (Å²) in [7, 11) is 3.21. The zero-order valence-electron chi connectivity index (χ0n) is 12.9. The van der Waals surface area contributed by atoms with E-state index < -0.39 is 0 Å². The summed E-state index contributed by atoms with van der Waals surface area (Å²) in [6.45, 7) is 1.96. The minimum atomic E-state index is -0.0312. The Hall–Kier alpha value is -2.15. The molecule has 118 valence electrons. The first kappa shape index (κ1) is 16.2. The molecule has 0 radical (unpaired) electrons. The van der Waals surface area contributed by atoms with Gasteiger partial charge in [0.2, 0.25) is 11.0 Å². The number of nitrogens with zero attached hydrogens (tertiary/aromatic N) is 2. The Morgan fingerprint density at radius 2 is 2.00 bits per heavy atom. The highest BCUT2D eigenvalue weighted by molar-refractivity contribution is 7.15. The van der Waals surface area contributed by atoms with Gasteiger partial charge in [0.1, 0.15) is 5.01 Å². The molecular weight excluding hydrogens is 302 g/mol. The summed E-state index contributed by atoms with van der Waals surface area (Å²) in [6.07, 6.45) is 1.93. The average Bonchev–Trinajstić information content (AvgIpc) is 2.94. The number of hydrogen-bond acceptors (Lipinski definition) is 6. The Morgan fingerprint density at radius 3 is 2.68 bits per heavy atom. The van der Waals surface area contributed by atoms with Crippen molar-refractivity contribution in [2.75, 3.05) is 19.5 Å². The lowest BCUT2D eigenvalue weighted by atomic mass is 10.1. The second-order valence-corrected chi connectivity index (χ2v) is 5.73. The number of methoxy groups -OCH3 is 2. The van der Waals surface area contributed by atoms with Crippen LogP contribution in [0.4, 0.5) is 5.13 Å². The number of rotatable bonds is 7. The summed E-state index contributed by atoms with van der Waals surface area (Å²) in [6, 6.07) is 5.73. The van der Waals surface area contributed by atoms with Gasteiger partial charge in [-0.1, -0.05) is 24.3 Å². The number of nitrogens with one attached hydrogen (secondary N) is 1. The molecule has 0 aliphatic heterocycles. The van der Waals surface area contributed by atoms with Crippen molar-refractivity contribution in [2.24, 2.45) is 0 Å². The monoisotopic (exact) mass is 321 g/mol. The minimum absolute atomic E-state index is 0.0312. The Morgan fingerprint density at radius 1 is 1.23 bits per heavy atom. The fraction of sp³-hybridized carbons (Fsp3) is 0.400. The maximum Gasteiger partial charge on any atom is 0.226 e. The number of carbonyl (C=O) groups is 1. The highest BCUT2D eigenvalue weighted by atomic mass is 32.1. The third-order valence-corrected chi connectivity index (χ3v) is 3.83. The van der Waals surface area contributed by atoms with E-state index in [9.17, 15) is 4.79 Å². The minimum Gasteiger partial charge on any atom is -0.493 e. The van der Waals surface area contributed by atoms with Gasteiger partial charge in [0.15, 0.2) is 11.5 Å². The highest BCUT2D eigenvalue weighted by Crippen LogP contribution is 2.29. The molecule has 0 saturated heterocycles. The molecule has 0 bridgehead atoms. The van der Waals surface area contributed by atoms with Gasteiger partial charge < -0.3 is 14.8 Å². The molecule has 2 aromatic rings. The van der Waals surface area contributed by atoms with Crippen molar-refractivity contribution in [3.63, 3.8) is 0 Å². The van der Waals surface area contributed by atoms with Gasteiger partial charge in [-0.05, 0) is 24.1 Å². The van der Waals surface area contributed by atoms with Gasteiger partial charge >= 0.3 is 0 Å². The number of ether oxygens (including phenoxy) is 2. The fourth-order valence-electron chi connectivity index (χ4n) is 1.95. The van der Waals surface area contributed by atoms with Gasteiger partial charge in [-0.15, -0.1) is 10.2 Å². The lowest BCUT2D eigenvalue weighted by Crippen LogP contribution is -2.10. The molecule has 2 rings (SSSR count). The molecule has 0 aliphatic carbocycles. The maximum absolute atomic E-state index is 11.5. The first-order chi connectivity index (χ1) is 10.7. The van der Waals surface area contributed by atoms with Gasteiger partial charge in [-0.2, -0.15) is 0 Å². The van der Waals surface area contributed by atoms with Gasteiger partial charge in [-0.25, -0.2) is 0 Å². The Balaban J connectivity index is 2.05. The summed E-state index contributed by atoms with van der Waals surface area (Å²) in [5.74, 6) is 1.34. The molecule has 0 fully saturated rings. The Bertz CT molecular complexity index is 643. The first-order valence-corrected chi connectivity index (χ1v) is 7.81. The molecule has 1 aromatic carbocycles. The molecule has 0 spiro atoms. The van der Waals surface area contributed by atoms with Crippen molar-refractivity contribution in [1.29, 1.82) is 0 Å². The van der Waals surface area contributed by atoms with Crippen LogP contribution >= 0.6 is 11.3 Å². The molecule has 1 heterocycles. The van der Waals surface area contributed by atoms with Crippen molar-refractivity contribution < 1.29 is 14.3 Å². The topological polar surface area (TPSA) is 73.3 Å². The van der Waals surface area contributed by atoms with Crippen LogP contribution in [0.3, 0.4) is 0 Å². The third-order valence-electron chi connectivity index (χ3n) is 2.99. The van der Waals surface area contributed by atoms with Gasteiger partial charge in [0, 0.05) is 12.8 Å². The molecule has 0 saturated carbocycles. The van der Waals surface area contributed by atoms with E-state index in [1.165, 1.54) is 11.3 Å². The lowest BCUT2D eigenvalue weighted by Gasteiger charge is -2.08. The van der Waals surface area contributed by atoms with Gasteiger partial charge in [0.05, 0.1) is 14.2 Å². The lowest BCUT2D eigenvalue weighted by molar-refractivity contribution is -0.116. The SMILES string of the molecule is CCCC(=O)Nc1nnc(Cc2ccc(OC)c(OC)c2)s1. The van der Waals surface area contributed by atoms with Crippen LogP contribution < -0.4 is 14.8 Å². The summed E-state index contributed by atoms with van der Waals surface area (Å²) >= 11 is 1.38. The van der Waals surface area contributed by atoms with Crippen LogP contribution in [0.15, 0.2) is 18.2 Å². The highest BCUT2D eigenvalue weighted by Gasteiger charge is 2.10. The van der Waals surface area contributed by atoms with Crippen molar-refractivity contribution >= 4 is 22.4 Å². The van der Waals surface area contributed by atoms with Crippen molar-refractivity contribution in [1.82, 2.24) is 10.2 Å². The molecule has 1 aromatic heterocycles. The second kappa shape index (κ2) is 7.74. The fourth-order valence-corrected chi connectivity index (χ4v) is 2.74. The molecule has 0 atom stereocenters. The predicted molar refractivity (Wildman–Crippen MR) is 85.8 cm³/mol. The molecule has 1 amide bonds. The maximum atomic E-state index is 11.5. The van der Waals surface area contributed by atoms with E-state index in [2.05, 4.69) is 15.5 Å². The molecule has 7 heteroatoms. The summed E-state index contributed by atoms with van der Waals surface area (Å²) in [4.78, 5) is 11.5. The first-order valence-electron chi connectivity index (χ1n) is 6.99. The molecular formula is C15H19N3O3S. The van der Waals surface area contributed by atoms with E-state index in [0.717, 1.165) is 17.0 Å². The molecule has 0 aliphatic rings. The van der Waals surface area contributed by atoms with Crippen LogP contribution in [-0.2, 0) is 11.2 Å². The average molecular weight is 321 g/mol. The Labute approximate surface area is 133 Å². The predicted octanol–water partition coefficient (Wildman–Crippen LogP) is 2.88. The number of aromatic nitrogens is 2. The second-order valence-electron chi connectivity index (χ2n) is 4.67. The quantitative estimate of drug-likeness (QED) is 0.849. The van der Waals surface area contributed by atoms with E-state index >= 15 is 0 Å². The molecule has 22 heavy (non-hydrogen) atoms. The standard InChI is InChI=1S/C15H19N3O3S/c1-4-5-13(19)16-15-18-17-14(22-15)9-10-6-7-11(20-2)12(8-10)21-3/h6-8H,4-5,9H2,1-3H3,(H,16,18,19). The molecule has 6 nitrogen and oxygen atoms in total.